The molecule has 4 atom stereocenters. The van der Waals surface area contributed by atoms with Crippen molar-refractivity contribution in [1.82, 2.24) is 5.32 Å². The van der Waals surface area contributed by atoms with Gasteiger partial charge in [0.2, 0.25) is 11.8 Å². The molecule has 2 aromatic carbocycles. The van der Waals surface area contributed by atoms with E-state index in [1.54, 1.807) is 0 Å². The fourth-order valence-electron chi connectivity index (χ4n) is 5.15. The summed E-state index contributed by atoms with van der Waals surface area (Å²) in [6, 6.07) is 15.8. The maximum Gasteiger partial charge on any atom is 0.227 e. The zero-order chi connectivity index (χ0) is 23.5. The summed E-state index contributed by atoms with van der Waals surface area (Å²) in [6.07, 6.45) is 3.56. The summed E-state index contributed by atoms with van der Waals surface area (Å²) in [5.74, 6) is 0.891. The SMILES string of the molecule is O=C(C[C@H]1C[C@H]2c3cc(NC(=O)C4CCC4)ccc3O[C@H]2[C@H](CO)O1)NCCc1ccccc1. The summed E-state index contributed by atoms with van der Waals surface area (Å²) < 4.78 is 12.2. The average Bonchev–Trinajstić information content (AvgIpc) is 3.16. The molecule has 34 heavy (non-hydrogen) atoms. The van der Waals surface area contributed by atoms with Gasteiger partial charge < -0.3 is 25.2 Å². The van der Waals surface area contributed by atoms with E-state index in [1.165, 1.54) is 5.56 Å². The van der Waals surface area contributed by atoms with Crippen molar-refractivity contribution in [1.29, 1.82) is 0 Å². The molecule has 3 N–H and O–H groups in total. The van der Waals surface area contributed by atoms with Crippen LogP contribution >= 0.6 is 0 Å². The standard InChI is InChI=1S/C27H32N2O5/c30-16-24-26-22(14-20(33-24)15-25(31)28-12-11-17-5-2-1-3-6-17)21-13-19(9-10-23(21)34-26)29-27(32)18-7-4-8-18/h1-3,5-6,9-10,13,18,20,22,24,26,30H,4,7-8,11-12,14-16H2,(H,28,31)(H,29,32)/t20-,22+,24+,26-/m1/s1. The van der Waals surface area contributed by atoms with Crippen molar-refractivity contribution >= 4 is 17.5 Å². The first-order chi connectivity index (χ1) is 16.6. The number of ether oxygens (including phenoxy) is 2. The van der Waals surface area contributed by atoms with Crippen molar-refractivity contribution in [3.63, 3.8) is 0 Å². The second-order valence-electron chi connectivity index (χ2n) is 9.56. The Kier molecular flexibility index (Phi) is 6.83. The third kappa shape index (κ3) is 4.95. The van der Waals surface area contributed by atoms with Gasteiger partial charge in [-0.25, -0.2) is 0 Å². The molecule has 0 bridgehead atoms. The van der Waals surface area contributed by atoms with Gasteiger partial charge in [-0.1, -0.05) is 36.8 Å². The summed E-state index contributed by atoms with van der Waals surface area (Å²) in [6.45, 7) is 0.396. The first kappa shape index (κ1) is 22.9. The van der Waals surface area contributed by atoms with E-state index in [9.17, 15) is 14.7 Å². The van der Waals surface area contributed by atoms with Crippen LogP contribution in [0.25, 0.3) is 0 Å². The first-order valence-corrected chi connectivity index (χ1v) is 12.3. The molecule has 1 saturated carbocycles. The molecule has 1 saturated heterocycles. The Balaban J connectivity index is 1.21. The van der Waals surface area contributed by atoms with Gasteiger partial charge in [-0.3, -0.25) is 9.59 Å². The lowest BCUT2D eigenvalue weighted by molar-refractivity contribution is -0.142. The Hall–Kier alpha value is -2.90. The number of carbonyl (C=O) groups excluding carboxylic acids is 2. The molecule has 0 aromatic heterocycles. The molecule has 3 aliphatic rings. The van der Waals surface area contributed by atoms with Crippen LogP contribution < -0.4 is 15.4 Å². The molecule has 7 nitrogen and oxygen atoms in total. The zero-order valence-corrected chi connectivity index (χ0v) is 19.2. The van der Waals surface area contributed by atoms with Crippen molar-refractivity contribution in [3.05, 3.63) is 59.7 Å². The maximum atomic E-state index is 12.6. The number of fused-ring (bicyclic) bond motifs is 3. The molecular formula is C27H32N2O5. The van der Waals surface area contributed by atoms with Crippen molar-refractivity contribution in [2.75, 3.05) is 18.5 Å². The monoisotopic (exact) mass is 464 g/mol. The Morgan fingerprint density at radius 1 is 1.09 bits per heavy atom. The lowest BCUT2D eigenvalue weighted by atomic mass is 9.83. The number of hydrogen-bond acceptors (Lipinski definition) is 5. The predicted molar refractivity (Wildman–Crippen MR) is 128 cm³/mol. The van der Waals surface area contributed by atoms with E-state index < -0.39 is 6.10 Å². The van der Waals surface area contributed by atoms with Crippen LogP contribution in [-0.2, 0) is 20.7 Å². The average molecular weight is 465 g/mol. The highest BCUT2D eigenvalue weighted by molar-refractivity contribution is 5.93. The Bertz CT molecular complexity index is 1020. The van der Waals surface area contributed by atoms with Crippen LogP contribution in [0.4, 0.5) is 5.69 Å². The number of benzene rings is 2. The number of anilines is 1. The number of aliphatic hydroxyl groups excluding tert-OH is 1. The molecule has 2 aromatic rings. The zero-order valence-electron chi connectivity index (χ0n) is 19.2. The highest BCUT2D eigenvalue weighted by atomic mass is 16.6. The lowest BCUT2D eigenvalue weighted by Gasteiger charge is -2.37. The van der Waals surface area contributed by atoms with E-state index in [4.69, 9.17) is 9.47 Å². The van der Waals surface area contributed by atoms with Gasteiger partial charge in [0, 0.05) is 29.6 Å². The van der Waals surface area contributed by atoms with E-state index in [-0.39, 0.29) is 48.9 Å². The minimum Gasteiger partial charge on any atom is -0.487 e. The van der Waals surface area contributed by atoms with E-state index in [2.05, 4.69) is 10.6 Å². The quantitative estimate of drug-likeness (QED) is 0.558. The molecule has 0 spiro atoms. The van der Waals surface area contributed by atoms with Gasteiger partial charge in [0.15, 0.2) is 0 Å². The van der Waals surface area contributed by atoms with Crippen LogP contribution in [0.5, 0.6) is 5.75 Å². The largest absolute Gasteiger partial charge is 0.487 e. The second-order valence-corrected chi connectivity index (χ2v) is 9.56. The fraction of sp³-hybridized carbons (Fsp3) is 0.481. The molecule has 7 heteroatoms. The Morgan fingerprint density at radius 2 is 1.91 bits per heavy atom. The molecular weight excluding hydrogens is 432 g/mol. The Morgan fingerprint density at radius 3 is 2.65 bits per heavy atom. The number of nitrogens with one attached hydrogen (secondary N) is 2. The van der Waals surface area contributed by atoms with Gasteiger partial charge in [-0.05, 0) is 49.4 Å². The Labute approximate surface area is 199 Å². The van der Waals surface area contributed by atoms with Crippen molar-refractivity contribution < 1.29 is 24.2 Å². The van der Waals surface area contributed by atoms with Gasteiger partial charge in [0.25, 0.3) is 0 Å². The van der Waals surface area contributed by atoms with Crippen LogP contribution in [0, 0.1) is 5.92 Å². The topological polar surface area (TPSA) is 96.9 Å². The lowest BCUT2D eigenvalue weighted by Crippen LogP contribution is -2.47. The number of carbonyl (C=O) groups is 2. The fourth-order valence-corrected chi connectivity index (χ4v) is 5.15. The molecule has 2 aliphatic heterocycles. The van der Waals surface area contributed by atoms with Crippen molar-refractivity contribution in [3.8, 4) is 5.75 Å². The van der Waals surface area contributed by atoms with Crippen LogP contribution in [0.1, 0.15) is 49.1 Å². The van der Waals surface area contributed by atoms with Crippen molar-refractivity contribution in [2.45, 2.75) is 62.8 Å². The number of amides is 2. The van der Waals surface area contributed by atoms with E-state index in [1.807, 2.05) is 48.5 Å². The summed E-state index contributed by atoms with van der Waals surface area (Å²) in [4.78, 5) is 25.0. The second kappa shape index (κ2) is 10.2. The molecule has 2 heterocycles. The van der Waals surface area contributed by atoms with Crippen LogP contribution in [-0.4, -0.2) is 48.4 Å². The summed E-state index contributed by atoms with van der Waals surface area (Å²) in [5.41, 5.74) is 2.95. The van der Waals surface area contributed by atoms with E-state index in [0.29, 0.717) is 13.0 Å². The minimum absolute atomic E-state index is 0.00331. The first-order valence-electron chi connectivity index (χ1n) is 12.3. The molecule has 2 amide bonds. The van der Waals surface area contributed by atoms with Crippen LogP contribution in [0.3, 0.4) is 0 Å². The van der Waals surface area contributed by atoms with Crippen molar-refractivity contribution in [2.24, 2.45) is 5.92 Å². The molecule has 2 fully saturated rings. The number of aliphatic hydroxyl groups is 1. The third-order valence-electron chi connectivity index (χ3n) is 7.23. The van der Waals surface area contributed by atoms with Gasteiger partial charge >= 0.3 is 0 Å². The van der Waals surface area contributed by atoms with E-state index >= 15 is 0 Å². The molecule has 0 unspecified atom stereocenters. The highest BCUT2D eigenvalue weighted by Crippen LogP contribution is 2.47. The van der Waals surface area contributed by atoms with Gasteiger partial charge in [-0.15, -0.1) is 0 Å². The molecule has 1 aliphatic carbocycles. The van der Waals surface area contributed by atoms with Crippen LogP contribution in [0.2, 0.25) is 0 Å². The summed E-state index contributed by atoms with van der Waals surface area (Å²) >= 11 is 0. The summed E-state index contributed by atoms with van der Waals surface area (Å²) in [5, 5.41) is 16.0. The van der Waals surface area contributed by atoms with Gasteiger partial charge in [-0.2, -0.15) is 0 Å². The minimum atomic E-state index is -0.499. The van der Waals surface area contributed by atoms with Gasteiger partial charge in [0.05, 0.1) is 19.1 Å². The maximum absolute atomic E-state index is 12.6. The predicted octanol–water partition coefficient (Wildman–Crippen LogP) is 3.17. The molecule has 5 rings (SSSR count). The molecule has 180 valence electrons. The molecule has 0 radical (unpaired) electrons. The third-order valence-corrected chi connectivity index (χ3v) is 7.23. The number of hydrogen-bond donors (Lipinski definition) is 3. The summed E-state index contributed by atoms with van der Waals surface area (Å²) in [7, 11) is 0. The number of rotatable bonds is 8. The van der Waals surface area contributed by atoms with Crippen LogP contribution in [0.15, 0.2) is 48.5 Å². The highest BCUT2D eigenvalue weighted by Gasteiger charge is 2.46. The normalized spacial score (nSPS) is 25.4. The van der Waals surface area contributed by atoms with Gasteiger partial charge in [0.1, 0.15) is 18.0 Å². The smallest absolute Gasteiger partial charge is 0.227 e. The van der Waals surface area contributed by atoms with E-state index in [0.717, 1.165) is 42.7 Å².